The van der Waals surface area contributed by atoms with Gasteiger partial charge in [-0.1, -0.05) is 22.3 Å². The summed E-state index contributed by atoms with van der Waals surface area (Å²) in [5.41, 5.74) is 0. The largest absolute Gasteiger partial charge is 0.339 e. The Morgan fingerprint density at radius 1 is 1.00 bits per heavy atom. The molecule has 0 aliphatic carbocycles. The molecule has 0 atom stereocenters. The predicted octanol–water partition coefficient (Wildman–Crippen LogP) is -0.116. The van der Waals surface area contributed by atoms with Gasteiger partial charge in [-0.25, -0.2) is 0 Å². The maximum atomic E-state index is 11.6. The topological polar surface area (TPSA) is 40.6 Å². The maximum Gasteiger partial charge on any atom is 0.223 e. The summed E-state index contributed by atoms with van der Waals surface area (Å²) in [6, 6.07) is 0. The van der Waals surface area contributed by atoms with Crippen molar-refractivity contribution in [2.24, 2.45) is 0 Å². The number of alkyl halides is 1. The van der Waals surface area contributed by atoms with Crippen LogP contribution >= 0.6 is 15.9 Å². The van der Waals surface area contributed by atoms with Crippen LogP contribution in [0, 0.1) is 0 Å². The highest BCUT2D eigenvalue weighted by Gasteiger charge is 2.22. The van der Waals surface area contributed by atoms with Crippen LogP contribution < -0.4 is 0 Å². The minimum absolute atomic E-state index is 0.180. The van der Waals surface area contributed by atoms with Gasteiger partial charge in [-0.3, -0.25) is 9.59 Å². The third-order valence-corrected chi connectivity index (χ3v) is 3.15. The van der Waals surface area contributed by atoms with Crippen LogP contribution in [0.25, 0.3) is 0 Å². The van der Waals surface area contributed by atoms with Crippen LogP contribution in [-0.2, 0) is 9.59 Å². The average Bonchev–Trinajstić information content (AvgIpc) is 2.30. The van der Waals surface area contributed by atoms with Crippen molar-refractivity contribution in [3.05, 3.63) is 0 Å². The van der Waals surface area contributed by atoms with Gasteiger partial charge in [0.05, 0.1) is 0 Å². The highest BCUT2D eigenvalue weighted by atomic mass is 79.9. The van der Waals surface area contributed by atoms with Crippen molar-refractivity contribution >= 4 is 35.6 Å². The molecule has 0 aromatic heterocycles. The first-order valence-electron chi connectivity index (χ1n) is 5.80. The van der Waals surface area contributed by atoms with Crippen molar-refractivity contribution in [3.63, 3.8) is 0 Å². The lowest BCUT2D eigenvalue weighted by Crippen LogP contribution is -2.50. The van der Waals surface area contributed by atoms with E-state index in [4.69, 9.17) is 0 Å². The van der Waals surface area contributed by atoms with E-state index < -0.39 is 0 Å². The number of halogens is 1. The molecule has 0 spiro atoms. The second-order valence-electron chi connectivity index (χ2n) is 3.95. The summed E-state index contributed by atoms with van der Waals surface area (Å²) < 4.78 is 0. The van der Waals surface area contributed by atoms with E-state index in [9.17, 15) is 9.59 Å². The van der Waals surface area contributed by atoms with Gasteiger partial charge in [-0.2, -0.15) is 0 Å². The second kappa shape index (κ2) is 6.94. The lowest BCUT2D eigenvalue weighted by Gasteiger charge is -2.34. The molecule has 0 bridgehead atoms. The molecule has 1 heterocycles. The van der Waals surface area contributed by atoms with Crippen molar-refractivity contribution in [2.75, 3.05) is 31.5 Å². The fourth-order valence-corrected chi connectivity index (χ4v) is 2.16. The molecule has 16 heavy (non-hydrogen) atoms. The summed E-state index contributed by atoms with van der Waals surface area (Å²) in [5, 5.41) is 0.709. The number of hydrogen-bond acceptors (Lipinski definition) is 2. The molecule has 0 N–H and O–H groups in total. The van der Waals surface area contributed by atoms with Gasteiger partial charge in [0, 0.05) is 44.4 Å². The van der Waals surface area contributed by atoms with Crippen LogP contribution in [0.1, 0.15) is 12.8 Å². The maximum absolute atomic E-state index is 11.6. The summed E-state index contributed by atoms with van der Waals surface area (Å²) >= 11 is 3.26. The Hall–Kier alpha value is -0.515. The molecule has 0 aromatic carbocycles. The van der Waals surface area contributed by atoms with E-state index in [0.717, 1.165) is 6.32 Å². The fourth-order valence-electron chi connectivity index (χ4n) is 1.82. The highest BCUT2D eigenvalue weighted by molar-refractivity contribution is 9.09. The van der Waals surface area contributed by atoms with Crippen molar-refractivity contribution in [1.29, 1.82) is 0 Å². The van der Waals surface area contributed by atoms with Gasteiger partial charge in [-0.05, 0) is 0 Å². The minimum atomic E-state index is 0.180. The summed E-state index contributed by atoms with van der Waals surface area (Å²) in [6.07, 6.45) is 2.06. The Bertz CT molecular complexity index is 229. The number of carbonyl (C=O) groups excluding carboxylic acids is 2. The minimum Gasteiger partial charge on any atom is -0.339 e. The van der Waals surface area contributed by atoms with Crippen LogP contribution in [0.15, 0.2) is 0 Å². The molecule has 1 rings (SSSR count). The van der Waals surface area contributed by atoms with Gasteiger partial charge in [0.1, 0.15) is 7.85 Å². The molecule has 1 aliphatic rings. The summed E-state index contributed by atoms with van der Waals surface area (Å²) in [4.78, 5) is 26.9. The van der Waals surface area contributed by atoms with Gasteiger partial charge in [-0.15, -0.1) is 0 Å². The Kier molecular flexibility index (Phi) is 5.88. The van der Waals surface area contributed by atoms with Gasteiger partial charge in [0.25, 0.3) is 0 Å². The average molecular weight is 289 g/mol. The summed E-state index contributed by atoms with van der Waals surface area (Å²) in [6.45, 7) is 2.74. The second-order valence-corrected chi connectivity index (χ2v) is 4.74. The fraction of sp³-hybridized carbons (Fsp3) is 0.800. The molecule has 0 unspecified atom stereocenters. The van der Waals surface area contributed by atoms with Crippen LogP contribution in [0.3, 0.4) is 0 Å². The van der Waals surface area contributed by atoms with E-state index in [1.807, 2.05) is 17.6 Å². The van der Waals surface area contributed by atoms with Crippen molar-refractivity contribution in [3.8, 4) is 0 Å². The SMILES string of the molecule is BCCC(=O)N1CCN(C(=O)CCBr)CC1. The number of carbonyl (C=O) groups is 2. The van der Waals surface area contributed by atoms with E-state index in [0.29, 0.717) is 44.4 Å². The molecule has 0 radical (unpaired) electrons. The zero-order valence-corrected chi connectivity index (χ0v) is 11.3. The summed E-state index contributed by atoms with van der Waals surface area (Å²) in [5.74, 6) is 0.398. The first-order chi connectivity index (χ1) is 7.69. The van der Waals surface area contributed by atoms with Crippen LogP contribution in [0.4, 0.5) is 0 Å². The van der Waals surface area contributed by atoms with Gasteiger partial charge < -0.3 is 9.80 Å². The van der Waals surface area contributed by atoms with E-state index in [1.54, 1.807) is 0 Å². The lowest BCUT2D eigenvalue weighted by molar-refractivity contribution is -0.139. The van der Waals surface area contributed by atoms with Gasteiger partial charge in [0.2, 0.25) is 11.8 Å². The Labute approximate surface area is 106 Å². The molecular formula is C10H18BBrN2O2. The van der Waals surface area contributed by atoms with Gasteiger partial charge in [0.15, 0.2) is 0 Å². The van der Waals surface area contributed by atoms with Crippen LogP contribution in [0.5, 0.6) is 0 Å². The molecule has 1 aliphatic heterocycles. The third-order valence-electron chi connectivity index (χ3n) is 2.76. The van der Waals surface area contributed by atoms with E-state index in [1.165, 1.54) is 0 Å². The molecule has 0 saturated carbocycles. The van der Waals surface area contributed by atoms with E-state index >= 15 is 0 Å². The zero-order chi connectivity index (χ0) is 12.0. The first kappa shape index (κ1) is 13.5. The monoisotopic (exact) mass is 288 g/mol. The molecule has 1 fully saturated rings. The number of nitrogens with zero attached hydrogens (tertiary/aromatic N) is 2. The number of piperazine rings is 1. The summed E-state index contributed by atoms with van der Waals surface area (Å²) in [7, 11) is 2.01. The first-order valence-corrected chi connectivity index (χ1v) is 6.92. The van der Waals surface area contributed by atoms with E-state index in [2.05, 4.69) is 15.9 Å². The standard InChI is InChI=1S/C10H18BBrN2O2/c11-3-1-9(15)13-5-7-14(8-6-13)10(16)2-4-12/h1-8,11H2. The quantitative estimate of drug-likeness (QED) is 0.535. The Balaban J connectivity index is 2.33. The van der Waals surface area contributed by atoms with Crippen molar-refractivity contribution in [2.45, 2.75) is 19.2 Å². The molecule has 0 aromatic rings. The Morgan fingerprint density at radius 2 is 1.44 bits per heavy atom. The van der Waals surface area contributed by atoms with Crippen LogP contribution in [-0.4, -0.2) is 61.0 Å². The Morgan fingerprint density at radius 3 is 1.81 bits per heavy atom. The number of amides is 2. The smallest absolute Gasteiger partial charge is 0.223 e. The predicted molar refractivity (Wildman–Crippen MR) is 69.5 cm³/mol. The van der Waals surface area contributed by atoms with Crippen LogP contribution in [0.2, 0.25) is 6.32 Å². The van der Waals surface area contributed by atoms with E-state index in [-0.39, 0.29) is 11.8 Å². The molecule has 90 valence electrons. The van der Waals surface area contributed by atoms with Crippen molar-refractivity contribution in [1.82, 2.24) is 9.80 Å². The third kappa shape index (κ3) is 3.81. The van der Waals surface area contributed by atoms with Crippen molar-refractivity contribution < 1.29 is 9.59 Å². The number of rotatable bonds is 4. The normalized spacial score (nSPS) is 16.3. The molecular weight excluding hydrogens is 271 g/mol. The highest BCUT2D eigenvalue weighted by Crippen LogP contribution is 2.06. The molecule has 2 amide bonds. The molecule has 1 saturated heterocycles. The lowest BCUT2D eigenvalue weighted by atomic mass is 10.0. The van der Waals surface area contributed by atoms with Gasteiger partial charge >= 0.3 is 0 Å². The zero-order valence-electron chi connectivity index (χ0n) is 9.75. The number of hydrogen-bond donors (Lipinski definition) is 0. The molecule has 4 nitrogen and oxygen atoms in total. The molecule has 6 heteroatoms.